The highest BCUT2D eigenvalue weighted by Crippen LogP contribution is 2.39. The lowest BCUT2D eigenvalue weighted by Crippen LogP contribution is -2.47. The molecule has 0 unspecified atom stereocenters. The Bertz CT molecular complexity index is 1150. The fourth-order valence-electron chi connectivity index (χ4n) is 4.56. The van der Waals surface area contributed by atoms with Crippen LogP contribution in [0.25, 0.3) is 0 Å². The minimum absolute atomic E-state index is 0.00400. The molecule has 1 atom stereocenters. The summed E-state index contributed by atoms with van der Waals surface area (Å²) in [4.78, 5) is 32.0. The third kappa shape index (κ3) is 4.07. The lowest BCUT2D eigenvalue weighted by atomic mass is 9.90. The predicted octanol–water partition coefficient (Wildman–Crippen LogP) is 5.49. The molecule has 2 aliphatic rings. The molecule has 1 fully saturated rings. The molecule has 2 aromatic carbocycles. The molecule has 0 spiro atoms. The van der Waals surface area contributed by atoms with Gasteiger partial charge in [0.05, 0.1) is 6.04 Å². The standard InChI is InChI=1S/C26H25ClN2O2S/c1-17-4-2-3-5-21(17)25-22-13-15-32-23(22)12-14-28(25)24(30)16-29(20-10-11-20)26(31)18-6-8-19(27)9-7-18/h2-9,13,15,20,25H,10-12,14,16H2,1H3/t25-/m0/s1. The largest absolute Gasteiger partial charge is 0.330 e. The number of carbonyl (C=O) groups excluding carboxylic acids is 2. The van der Waals surface area contributed by atoms with Gasteiger partial charge >= 0.3 is 0 Å². The van der Waals surface area contributed by atoms with Crippen LogP contribution in [0.15, 0.2) is 60.0 Å². The van der Waals surface area contributed by atoms with E-state index in [0.29, 0.717) is 17.1 Å². The van der Waals surface area contributed by atoms with Crippen LogP contribution in [-0.4, -0.2) is 40.7 Å². The summed E-state index contributed by atoms with van der Waals surface area (Å²) < 4.78 is 0. The van der Waals surface area contributed by atoms with Gasteiger partial charge in [-0.05, 0) is 78.6 Å². The summed E-state index contributed by atoms with van der Waals surface area (Å²) in [5.74, 6) is -0.0949. The number of nitrogens with zero attached hydrogens (tertiary/aromatic N) is 2. The number of amides is 2. The van der Waals surface area contributed by atoms with Gasteiger partial charge in [0.1, 0.15) is 6.54 Å². The van der Waals surface area contributed by atoms with Crippen LogP contribution in [0.3, 0.4) is 0 Å². The molecule has 1 saturated carbocycles. The fraction of sp³-hybridized carbons (Fsp3) is 0.308. The summed E-state index contributed by atoms with van der Waals surface area (Å²) in [5.41, 5.74) is 4.11. The van der Waals surface area contributed by atoms with Crippen molar-refractivity contribution in [2.75, 3.05) is 13.1 Å². The summed E-state index contributed by atoms with van der Waals surface area (Å²) in [6.07, 6.45) is 2.75. The third-order valence-corrected chi connectivity index (χ3v) is 7.66. The molecule has 4 nitrogen and oxygen atoms in total. The first-order chi connectivity index (χ1) is 15.5. The Balaban J connectivity index is 1.43. The van der Waals surface area contributed by atoms with E-state index in [0.717, 1.165) is 24.8 Å². The Morgan fingerprint density at radius 1 is 1.06 bits per heavy atom. The van der Waals surface area contributed by atoms with Crippen LogP contribution in [-0.2, 0) is 11.2 Å². The summed E-state index contributed by atoms with van der Waals surface area (Å²) in [6, 6.07) is 17.4. The first kappa shape index (κ1) is 21.2. The zero-order valence-corrected chi connectivity index (χ0v) is 19.5. The maximum absolute atomic E-state index is 13.7. The van der Waals surface area contributed by atoms with Crippen LogP contribution in [0, 0.1) is 6.92 Å². The molecule has 1 aromatic heterocycles. The summed E-state index contributed by atoms with van der Waals surface area (Å²) >= 11 is 7.75. The molecule has 5 rings (SSSR count). The van der Waals surface area contributed by atoms with Crippen molar-refractivity contribution in [3.8, 4) is 0 Å². The van der Waals surface area contributed by atoms with Crippen molar-refractivity contribution in [2.45, 2.75) is 38.3 Å². The number of carbonyl (C=O) groups is 2. The smallest absolute Gasteiger partial charge is 0.254 e. The van der Waals surface area contributed by atoms with Gasteiger partial charge in [0.15, 0.2) is 0 Å². The maximum Gasteiger partial charge on any atom is 0.254 e. The van der Waals surface area contributed by atoms with Crippen LogP contribution < -0.4 is 0 Å². The van der Waals surface area contributed by atoms with Crippen LogP contribution in [0.1, 0.15) is 50.8 Å². The van der Waals surface area contributed by atoms with Gasteiger partial charge in [-0.2, -0.15) is 0 Å². The molecule has 0 N–H and O–H groups in total. The van der Waals surface area contributed by atoms with Gasteiger partial charge in [-0.15, -0.1) is 11.3 Å². The van der Waals surface area contributed by atoms with E-state index in [-0.39, 0.29) is 30.4 Å². The second-order valence-corrected chi connectivity index (χ2v) is 10.0. The van der Waals surface area contributed by atoms with Gasteiger partial charge in [-0.25, -0.2) is 0 Å². The quantitative estimate of drug-likeness (QED) is 0.501. The molecule has 0 bridgehead atoms. The fourth-order valence-corrected chi connectivity index (χ4v) is 5.59. The third-order valence-electron chi connectivity index (χ3n) is 6.41. The minimum Gasteiger partial charge on any atom is -0.330 e. The Hall–Kier alpha value is -2.63. The van der Waals surface area contributed by atoms with Crippen molar-refractivity contribution in [1.29, 1.82) is 0 Å². The molecule has 1 aliphatic carbocycles. The monoisotopic (exact) mass is 464 g/mol. The lowest BCUT2D eigenvalue weighted by molar-refractivity contribution is -0.134. The summed E-state index contributed by atoms with van der Waals surface area (Å²) in [7, 11) is 0. The van der Waals surface area contributed by atoms with Crippen molar-refractivity contribution in [3.63, 3.8) is 0 Å². The molecule has 2 heterocycles. The Kier molecular flexibility index (Phi) is 5.78. The molecule has 164 valence electrons. The van der Waals surface area contributed by atoms with Gasteiger partial charge in [0.2, 0.25) is 5.91 Å². The van der Waals surface area contributed by atoms with E-state index >= 15 is 0 Å². The van der Waals surface area contributed by atoms with Crippen molar-refractivity contribution >= 4 is 34.8 Å². The van der Waals surface area contributed by atoms with Gasteiger partial charge in [-0.3, -0.25) is 9.59 Å². The zero-order valence-electron chi connectivity index (χ0n) is 18.0. The first-order valence-corrected chi connectivity index (χ1v) is 12.3. The van der Waals surface area contributed by atoms with Crippen molar-refractivity contribution < 1.29 is 9.59 Å². The van der Waals surface area contributed by atoms with Crippen LogP contribution in [0.5, 0.6) is 0 Å². The van der Waals surface area contributed by atoms with Gasteiger partial charge in [-0.1, -0.05) is 35.9 Å². The first-order valence-electron chi connectivity index (χ1n) is 11.0. The second-order valence-electron chi connectivity index (χ2n) is 8.57. The van der Waals surface area contributed by atoms with Crippen molar-refractivity contribution in [2.24, 2.45) is 0 Å². The van der Waals surface area contributed by atoms with E-state index in [1.54, 1.807) is 40.5 Å². The lowest BCUT2D eigenvalue weighted by Gasteiger charge is -2.38. The number of benzene rings is 2. The van der Waals surface area contributed by atoms with Gasteiger partial charge in [0.25, 0.3) is 5.91 Å². The topological polar surface area (TPSA) is 40.6 Å². The number of hydrogen-bond acceptors (Lipinski definition) is 3. The molecule has 0 radical (unpaired) electrons. The number of halogens is 1. The zero-order chi connectivity index (χ0) is 22.2. The van der Waals surface area contributed by atoms with E-state index in [1.165, 1.54) is 16.0 Å². The van der Waals surface area contributed by atoms with Crippen molar-refractivity contribution in [1.82, 2.24) is 9.80 Å². The number of rotatable bonds is 5. The molecular weight excluding hydrogens is 440 g/mol. The number of thiophene rings is 1. The van der Waals surface area contributed by atoms with Crippen LogP contribution >= 0.6 is 22.9 Å². The van der Waals surface area contributed by atoms with Gasteiger partial charge < -0.3 is 9.80 Å². The van der Waals surface area contributed by atoms with Crippen LogP contribution in [0.2, 0.25) is 5.02 Å². The van der Waals surface area contributed by atoms with E-state index in [9.17, 15) is 9.59 Å². The van der Waals surface area contributed by atoms with E-state index in [1.807, 2.05) is 17.0 Å². The highest BCUT2D eigenvalue weighted by atomic mass is 35.5. The summed E-state index contributed by atoms with van der Waals surface area (Å²) in [5, 5.41) is 2.71. The van der Waals surface area contributed by atoms with E-state index < -0.39 is 0 Å². The van der Waals surface area contributed by atoms with Crippen molar-refractivity contribution in [3.05, 3.63) is 92.1 Å². The summed E-state index contributed by atoms with van der Waals surface area (Å²) in [6.45, 7) is 2.87. The molecule has 6 heteroatoms. The average molecular weight is 465 g/mol. The molecule has 1 aliphatic heterocycles. The Morgan fingerprint density at radius 2 is 1.81 bits per heavy atom. The Labute approximate surface area is 197 Å². The number of fused-ring (bicyclic) bond motifs is 1. The second kappa shape index (κ2) is 8.72. The van der Waals surface area contributed by atoms with E-state index in [4.69, 9.17) is 11.6 Å². The predicted molar refractivity (Wildman–Crippen MR) is 128 cm³/mol. The molecule has 0 saturated heterocycles. The van der Waals surface area contributed by atoms with Crippen LogP contribution in [0.4, 0.5) is 0 Å². The maximum atomic E-state index is 13.7. The molecule has 3 aromatic rings. The molecule has 2 amide bonds. The highest BCUT2D eigenvalue weighted by molar-refractivity contribution is 7.10. The Morgan fingerprint density at radius 3 is 2.53 bits per heavy atom. The van der Waals surface area contributed by atoms with E-state index in [2.05, 4.69) is 30.5 Å². The highest BCUT2D eigenvalue weighted by Gasteiger charge is 2.38. The molecular formula is C26H25ClN2O2S. The number of aryl methyl sites for hydroxylation is 1. The molecule has 32 heavy (non-hydrogen) atoms. The number of hydrogen-bond donors (Lipinski definition) is 0. The minimum atomic E-state index is -0.106. The SMILES string of the molecule is Cc1ccccc1[C@H]1c2ccsc2CCN1C(=O)CN(C(=O)c1ccc(Cl)cc1)C1CC1. The average Bonchev–Trinajstić information content (AvgIpc) is 3.53. The van der Waals surface area contributed by atoms with Gasteiger partial charge in [0, 0.05) is 28.0 Å². The normalized spacial score (nSPS) is 17.7.